The standard InChI is InChI=1S/C16H16N4O2/c1-10(2)20-15-11(9-18-20)7-12(8-17-15)16(22)19-13-3-5-14(21)6-4-13/h3-10,21H,1-2H3,(H,19,22). The number of phenolic OH excluding ortho intramolecular Hbond substituents is 1. The fraction of sp³-hybridized carbons (Fsp3) is 0.188. The number of carbonyl (C=O) groups is 1. The lowest BCUT2D eigenvalue weighted by Gasteiger charge is -2.07. The molecule has 1 aromatic carbocycles. The zero-order chi connectivity index (χ0) is 15.7. The largest absolute Gasteiger partial charge is 0.508 e. The molecule has 0 aliphatic carbocycles. The number of anilines is 1. The van der Waals surface area contributed by atoms with Crippen molar-refractivity contribution >= 4 is 22.6 Å². The summed E-state index contributed by atoms with van der Waals surface area (Å²) in [6, 6.07) is 8.28. The molecule has 0 unspecified atom stereocenters. The molecule has 1 amide bonds. The van der Waals surface area contributed by atoms with Crippen LogP contribution in [0.4, 0.5) is 5.69 Å². The normalized spacial score (nSPS) is 11.0. The maximum absolute atomic E-state index is 12.2. The van der Waals surface area contributed by atoms with Gasteiger partial charge in [-0.25, -0.2) is 9.67 Å². The molecule has 0 spiro atoms. The summed E-state index contributed by atoms with van der Waals surface area (Å²) >= 11 is 0. The third kappa shape index (κ3) is 2.63. The number of pyridine rings is 1. The van der Waals surface area contributed by atoms with Gasteiger partial charge in [-0.2, -0.15) is 5.10 Å². The van der Waals surface area contributed by atoms with Crippen molar-refractivity contribution < 1.29 is 9.90 Å². The summed E-state index contributed by atoms with van der Waals surface area (Å²) in [7, 11) is 0. The molecule has 3 aromatic rings. The second-order valence-electron chi connectivity index (χ2n) is 5.32. The smallest absolute Gasteiger partial charge is 0.257 e. The van der Waals surface area contributed by atoms with Crippen LogP contribution in [0.3, 0.4) is 0 Å². The van der Waals surface area contributed by atoms with Crippen molar-refractivity contribution in [2.24, 2.45) is 0 Å². The van der Waals surface area contributed by atoms with Gasteiger partial charge in [0.2, 0.25) is 0 Å². The van der Waals surface area contributed by atoms with Gasteiger partial charge in [-0.1, -0.05) is 0 Å². The van der Waals surface area contributed by atoms with Crippen molar-refractivity contribution in [2.45, 2.75) is 19.9 Å². The minimum absolute atomic E-state index is 0.155. The molecule has 0 saturated carbocycles. The molecule has 22 heavy (non-hydrogen) atoms. The van der Waals surface area contributed by atoms with Crippen LogP contribution in [0.5, 0.6) is 5.75 Å². The number of rotatable bonds is 3. The SMILES string of the molecule is CC(C)n1ncc2cc(C(=O)Nc3ccc(O)cc3)cnc21. The number of phenols is 1. The second kappa shape index (κ2) is 5.48. The zero-order valence-corrected chi connectivity index (χ0v) is 12.3. The number of fused-ring (bicyclic) bond motifs is 1. The van der Waals surface area contributed by atoms with E-state index in [2.05, 4.69) is 15.4 Å². The van der Waals surface area contributed by atoms with E-state index < -0.39 is 0 Å². The lowest BCUT2D eigenvalue weighted by atomic mass is 10.2. The lowest BCUT2D eigenvalue weighted by molar-refractivity contribution is 0.102. The Labute approximate surface area is 127 Å². The minimum atomic E-state index is -0.252. The third-order valence-corrected chi connectivity index (χ3v) is 3.31. The van der Waals surface area contributed by atoms with Gasteiger partial charge >= 0.3 is 0 Å². The number of hydrogen-bond acceptors (Lipinski definition) is 4. The van der Waals surface area contributed by atoms with Crippen molar-refractivity contribution in [3.63, 3.8) is 0 Å². The van der Waals surface area contributed by atoms with E-state index in [1.165, 1.54) is 12.1 Å². The van der Waals surface area contributed by atoms with Crippen LogP contribution in [0.15, 0.2) is 42.7 Å². The third-order valence-electron chi connectivity index (χ3n) is 3.31. The fourth-order valence-electron chi connectivity index (χ4n) is 2.19. The van der Waals surface area contributed by atoms with Gasteiger partial charge in [0.25, 0.3) is 5.91 Å². The molecular formula is C16H16N4O2. The monoisotopic (exact) mass is 296 g/mol. The highest BCUT2D eigenvalue weighted by atomic mass is 16.3. The Morgan fingerprint density at radius 1 is 1.23 bits per heavy atom. The molecular weight excluding hydrogens is 280 g/mol. The number of benzene rings is 1. The Morgan fingerprint density at radius 2 is 1.95 bits per heavy atom. The molecule has 6 nitrogen and oxygen atoms in total. The first kappa shape index (κ1) is 14.1. The highest BCUT2D eigenvalue weighted by Gasteiger charge is 2.12. The summed E-state index contributed by atoms with van der Waals surface area (Å²) < 4.78 is 1.82. The summed E-state index contributed by atoms with van der Waals surface area (Å²) in [4.78, 5) is 16.6. The lowest BCUT2D eigenvalue weighted by Crippen LogP contribution is -2.12. The molecule has 0 bridgehead atoms. The highest BCUT2D eigenvalue weighted by molar-refractivity contribution is 6.05. The van der Waals surface area contributed by atoms with Crippen molar-refractivity contribution in [1.29, 1.82) is 0 Å². The first-order chi connectivity index (χ1) is 10.5. The summed E-state index contributed by atoms with van der Waals surface area (Å²) in [6.45, 7) is 4.05. The van der Waals surface area contributed by atoms with Crippen molar-refractivity contribution in [3.05, 3.63) is 48.3 Å². The van der Waals surface area contributed by atoms with Crippen LogP contribution in [0.1, 0.15) is 30.2 Å². The number of nitrogens with zero attached hydrogens (tertiary/aromatic N) is 3. The van der Waals surface area contributed by atoms with Gasteiger partial charge in [-0.05, 0) is 44.2 Å². The quantitative estimate of drug-likeness (QED) is 0.728. The average molecular weight is 296 g/mol. The predicted molar refractivity (Wildman–Crippen MR) is 84.0 cm³/mol. The Hall–Kier alpha value is -2.89. The van der Waals surface area contributed by atoms with E-state index in [0.29, 0.717) is 11.3 Å². The molecule has 3 rings (SSSR count). The van der Waals surface area contributed by atoms with Crippen LogP contribution in [0, 0.1) is 0 Å². The Morgan fingerprint density at radius 3 is 2.64 bits per heavy atom. The van der Waals surface area contributed by atoms with E-state index in [1.54, 1.807) is 30.6 Å². The summed E-state index contributed by atoms with van der Waals surface area (Å²) in [5.74, 6) is -0.0976. The summed E-state index contributed by atoms with van der Waals surface area (Å²) in [6.07, 6.45) is 3.25. The van der Waals surface area contributed by atoms with Gasteiger partial charge < -0.3 is 10.4 Å². The van der Waals surface area contributed by atoms with E-state index in [9.17, 15) is 9.90 Å². The van der Waals surface area contributed by atoms with Crippen LogP contribution in [-0.4, -0.2) is 25.8 Å². The van der Waals surface area contributed by atoms with Gasteiger partial charge in [0, 0.05) is 23.3 Å². The van der Waals surface area contributed by atoms with E-state index in [1.807, 2.05) is 18.5 Å². The fourth-order valence-corrected chi connectivity index (χ4v) is 2.19. The number of amides is 1. The Balaban J connectivity index is 1.86. The number of hydrogen-bond donors (Lipinski definition) is 2. The zero-order valence-electron chi connectivity index (χ0n) is 12.3. The van der Waals surface area contributed by atoms with Gasteiger partial charge in [-0.3, -0.25) is 4.79 Å². The minimum Gasteiger partial charge on any atom is -0.508 e. The Bertz CT molecular complexity index is 822. The average Bonchev–Trinajstić information content (AvgIpc) is 2.92. The molecule has 2 heterocycles. The van der Waals surface area contributed by atoms with Crippen LogP contribution >= 0.6 is 0 Å². The maximum Gasteiger partial charge on any atom is 0.257 e. The first-order valence-corrected chi connectivity index (χ1v) is 6.98. The molecule has 0 aliphatic heterocycles. The topological polar surface area (TPSA) is 80.0 Å². The first-order valence-electron chi connectivity index (χ1n) is 6.98. The second-order valence-corrected chi connectivity index (χ2v) is 5.32. The number of aromatic nitrogens is 3. The van der Waals surface area contributed by atoms with Crippen LogP contribution in [-0.2, 0) is 0 Å². The summed E-state index contributed by atoms with van der Waals surface area (Å²) in [5.41, 5.74) is 1.83. The number of aromatic hydroxyl groups is 1. The molecule has 6 heteroatoms. The summed E-state index contributed by atoms with van der Waals surface area (Å²) in [5, 5.41) is 17.1. The maximum atomic E-state index is 12.2. The van der Waals surface area contributed by atoms with Gasteiger partial charge in [0.15, 0.2) is 5.65 Å². The number of carbonyl (C=O) groups excluding carboxylic acids is 1. The van der Waals surface area contributed by atoms with E-state index in [-0.39, 0.29) is 17.7 Å². The van der Waals surface area contributed by atoms with Gasteiger partial charge in [0.1, 0.15) is 5.75 Å². The van der Waals surface area contributed by atoms with E-state index in [0.717, 1.165) is 11.0 Å². The van der Waals surface area contributed by atoms with Crippen molar-refractivity contribution in [2.75, 3.05) is 5.32 Å². The molecule has 2 aromatic heterocycles. The molecule has 0 radical (unpaired) electrons. The predicted octanol–water partition coefficient (Wildman–Crippen LogP) is 2.97. The molecule has 2 N–H and O–H groups in total. The van der Waals surface area contributed by atoms with Crippen molar-refractivity contribution in [1.82, 2.24) is 14.8 Å². The van der Waals surface area contributed by atoms with Gasteiger partial charge in [0.05, 0.1) is 11.8 Å². The van der Waals surface area contributed by atoms with Crippen molar-refractivity contribution in [3.8, 4) is 5.75 Å². The van der Waals surface area contributed by atoms with E-state index >= 15 is 0 Å². The van der Waals surface area contributed by atoms with Gasteiger partial charge in [-0.15, -0.1) is 0 Å². The van der Waals surface area contributed by atoms with E-state index in [4.69, 9.17) is 0 Å². The molecule has 112 valence electrons. The van der Waals surface area contributed by atoms with Crippen LogP contribution < -0.4 is 5.32 Å². The van der Waals surface area contributed by atoms with Crippen LogP contribution in [0.25, 0.3) is 11.0 Å². The highest BCUT2D eigenvalue weighted by Crippen LogP contribution is 2.18. The van der Waals surface area contributed by atoms with Crippen LogP contribution in [0.2, 0.25) is 0 Å². The molecule has 0 aliphatic rings. The number of nitrogens with one attached hydrogen (secondary N) is 1. The Kier molecular flexibility index (Phi) is 3.50. The molecule has 0 saturated heterocycles. The molecule has 0 fully saturated rings. The molecule has 0 atom stereocenters.